The van der Waals surface area contributed by atoms with E-state index in [0.29, 0.717) is 17.7 Å². The van der Waals surface area contributed by atoms with Crippen molar-refractivity contribution in [3.8, 4) is 0 Å². The number of rotatable bonds is 10. The first-order valence-corrected chi connectivity index (χ1v) is 13.0. The fourth-order valence-corrected chi connectivity index (χ4v) is 5.25. The van der Waals surface area contributed by atoms with Crippen LogP contribution in [0.5, 0.6) is 0 Å². The molecule has 9 heteroatoms. The number of benzene rings is 3. The fourth-order valence-electron chi connectivity index (χ4n) is 3.83. The Morgan fingerprint density at radius 1 is 0.944 bits per heavy atom. The van der Waals surface area contributed by atoms with Gasteiger partial charge in [0, 0.05) is 13.6 Å². The van der Waals surface area contributed by atoms with Crippen LogP contribution in [0.4, 0.5) is 10.1 Å². The number of hydrogen-bond donors (Lipinski definition) is 1. The van der Waals surface area contributed by atoms with Crippen LogP contribution >= 0.6 is 0 Å². The van der Waals surface area contributed by atoms with Gasteiger partial charge in [0.1, 0.15) is 18.4 Å². The molecule has 3 rings (SSSR count). The van der Waals surface area contributed by atoms with E-state index in [1.165, 1.54) is 48.3 Å². The van der Waals surface area contributed by atoms with Crippen molar-refractivity contribution in [2.45, 2.75) is 37.8 Å². The van der Waals surface area contributed by atoms with Crippen molar-refractivity contribution in [1.29, 1.82) is 0 Å². The molecule has 0 saturated heterocycles. The lowest BCUT2D eigenvalue weighted by molar-refractivity contribution is -0.140. The quantitative estimate of drug-likeness (QED) is 0.448. The third kappa shape index (κ3) is 6.28. The van der Waals surface area contributed by atoms with Gasteiger partial charge in [-0.1, -0.05) is 55.0 Å². The van der Waals surface area contributed by atoms with E-state index in [9.17, 15) is 22.4 Å². The zero-order valence-electron chi connectivity index (χ0n) is 20.5. The van der Waals surface area contributed by atoms with E-state index in [-0.39, 0.29) is 17.3 Å². The standard InChI is InChI=1S/C27H30FN3O4S/c1-4-25(27(33)29-3)30(18-21-12-14-22(28)15-13-21)26(32)19-31(23-8-6-5-7-9-23)36(34,35)24-16-10-20(2)11-17-24/h5-17,25H,4,18-19H2,1-3H3,(H,29,33)/t25-/m0/s1. The molecule has 0 aliphatic heterocycles. The maximum atomic E-state index is 13.7. The number of nitrogens with one attached hydrogen (secondary N) is 1. The molecule has 3 aromatic rings. The fraction of sp³-hybridized carbons (Fsp3) is 0.259. The zero-order valence-corrected chi connectivity index (χ0v) is 21.3. The lowest BCUT2D eigenvalue weighted by Gasteiger charge is -2.33. The van der Waals surface area contributed by atoms with Crippen LogP contribution in [0, 0.1) is 12.7 Å². The lowest BCUT2D eigenvalue weighted by Crippen LogP contribution is -2.51. The molecule has 7 nitrogen and oxygen atoms in total. The number of hydrogen-bond acceptors (Lipinski definition) is 4. The molecule has 0 unspecified atom stereocenters. The Morgan fingerprint density at radius 2 is 1.56 bits per heavy atom. The zero-order chi connectivity index (χ0) is 26.3. The molecule has 0 aliphatic carbocycles. The Balaban J connectivity index is 2.02. The van der Waals surface area contributed by atoms with Crippen molar-refractivity contribution in [1.82, 2.24) is 10.2 Å². The molecule has 0 bridgehead atoms. The van der Waals surface area contributed by atoms with E-state index in [4.69, 9.17) is 0 Å². The maximum Gasteiger partial charge on any atom is 0.264 e. The van der Waals surface area contributed by atoms with Gasteiger partial charge in [-0.05, 0) is 55.3 Å². The first-order valence-electron chi connectivity index (χ1n) is 11.6. The molecule has 0 heterocycles. The van der Waals surface area contributed by atoms with E-state index >= 15 is 0 Å². The van der Waals surface area contributed by atoms with Crippen LogP contribution in [0.15, 0.2) is 83.8 Å². The third-order valence-corrected chi connectivity index (χ3v) is 7.62. The van der Waals surface area contributed by atoms with Crippen LogP contribution in [-0.4, -0.2) is 44.8 Å². The Labute approximate surface area is 211 Å². The highest BCUT2D eigenvalue weighted by Gasteiger charge is 2.33. The molecule has 2 amide bonds. The Hall–Kier alpha value is -3.72. The van der Waals surface area contributed by atoms with Gasteiger partial charge in [0.05, 0.1) is 10.6 Å². The Morgan fingerprint density at radius 3 is 2.11 bits per heavy atom. The van der Waals surface area contributed by atoms with Crippen molar-refractivity contribution < 1.29 is 22.4 Å². The van der Waals surface area contributed by atoms with Gasteiger partial charge in [0.2, 0.25) is 11.8 Å². The van der Waals surface area contributed by atoms with Gasteiger partial charge in [-0.3, -0.25) is 13.9 Å². The minimum Gasteiger partial charge on any atom is -0.357 e. The monoisotopic (exact) mass is 511 g/mol. The minimum atomic E-state index is -4.10. The number of sulfonamides is 1. The molecule has 0 aromatic heterocycles. The van der Waals surface area contributed by atoms with Gasteiger partial charge in [0.15, 0.2) is 0 Å². The summed E-state index contributed by atoms with van der Waals surface area (Å²) in [4.78, 5) is 27.7. The van der Waals surface area contributed by atoms with Crippen LogP contribution in [0.25, 0.3) is 0 Å². The van der Waals surface area contributed by atoms with E-state index in [0.717, 1.165) is 9.87 Å². The highest BCUT2D eigenvalue weighted by molar-refractivity contribution is 7.92. The first-order chi connectivity index (χ1) is 17.2. The predicted molar refractivity (Wildman–Crippen MR) is 137 cm³/mol. The van der Waals surface area contributed by atoms with Gasteiger partial charge in [0.25, 0.3) is 10.0 Å². The van der Waals surface area contributed by atoms with E-state index < -0.39 is 34.3 Å². The summed E-state index contributed by atoms with van der Waals surface area (Å²) in [7, 11) is -2.62. The number of amides is 2. The van der Waals surface area contributed by atoms with Crippen LogP contribution in [-0.2, 0) is 26.2 Å². The number of nitrogens with zero attached hydrogens (tertiary/aromatic N) is 2. The van der Waals surface area contributed by atoms with Crippen molar-refractivity contribution in [2.75, 3.05) is 17.9 Å². The number of anilines is 1. The summed E-state index contributed by atoms with van der Waals surface area (Å²) in [6, 6.07) is 19.5. The van der Waals surface area contributed by atoms with Gasteiger partial charge >= 0.3 is 0 Å². The number of para-hydroxylation sites is 1. The molecule has 0 radical (unpaired) electrons. The number of halogens is 1. The van der Waals surface area contributed by atoms with Crippen LogP contribution in [0.1, 0.15) is 24.5 Å². The molecule has 0 spiro atoms. The average molecular weight is 512 g/mol. The summed E-state index contributed by atoms with van der Waals surface area (Å²) >= 11 is 0. The van der Waals surface area contributed by atoms with E-state index in [2.05, 4.69) is 5.32 Å². The second-order valence-corrected chi connectivity index (χ2v) is 10.2. The van der Waals surface area contributed by atoms with Gasteiger partial charge in [-0.15, -0.1) is 0 Å². The average Bonchev–Trinajstić information content (AvgIpc) is 2.88. The highest BCUT2D eigenvalue weighted by atomic mass is 32.2. The third-order valence-electron chi connectivity index (χ3n) is 5.83. The van der Waals surface area contributed by atoms with Gasteiger partial charge in [-0.2, -0.15) is 0 Å². The number of likely N-dealkylation sites (N-methyl/N-ethyl adjacent to an activating group) is 1. The van der Waals surface area contributed by atoms with Crippen molar-refractivity contribution in [3.05, 3.63) is 95.8 Å². The van der Waals surface area contributed by atoms with Crippen molar-refractivity contribution >= 4 is 27.5 Å². The number of carbonyl (C=O) groups is 2. The van der Waals surface area contributed by atoms with Crippen LogP contribution < -0.4 is 9.62 Å². The Bertz CT molecular complexity index is 1280. The normalized spacial score (nSPS) is 12.0. The van der Waals surface area contributed by atoms with Gasteiger partial charge < -0.3 is 10.2 Å². The molecule has 3 aromatic carbocycles. The highest BCUT2D eigenvalue weighted by Crippen LogP contribution is 2.25. The smallest absolute Gasteiger partial charge is 0.264 e. The molecule has 190 valence electrons. The lowest BCUT2D eigenvalue weighted by atomic mass is 10.1. The summed E-state index contributed by atoms with van der Waals surface area (Å²) in [5, 5.41) is 2.57. The van der Waals surface area contributed by atoms with Crippen LogP contribution in [0.2, 0.25) is 0 Å². The van der Waals surface area contributed by atoms with Crippen molar-refractivity contribution in [2.24, 2.45) is 0 Å². The van der Waals surface area contributed by atoms with E-state index in [1.54, 1.807) is 49.4 Å². The maximum absolute atomic E-state index is 13.7. The summed E-state index contributed by atoms with van der Waals surface area (Å²) in [5.74, 6) is -1.36. The molecule has 1 atom stereocenters. The molecule has 0 saturated carbocycles. The Kier molecular flexibility index (Phi) is 8.82. The SMILES string of the molecule is CC[C@@H](C(=O)NC)N(Cc1ccc(F)cc1)C(=O)CN(c1ccccc1)S(=O)(=O)c1ccc(C)cc1. The van der Waals surface area contributed by atoms with Gasteiger partial charge in [-0.25, -0.2) is 12.8 Å². The molecule has 1 N–H and O–H groups in total. The summed E-state index contributed by atoms with van der Waals surface area (Å²) in [6.45, 7) is 3.11. The topological polar surface area (TPSA) is 86.8 Å². The molecule has 0 fully saturated rings. The minimum absolute atomic E-state index is 0.0122. The summed E-state index contributed by atoms with van der Waals surface area (Å²) in [5.41, 5.74) is 1.83. The number of aryl methyl sites for hydroxylation is 1. The second-order valence-electron chi connectivity index (χ2n) is 8.35. The number of carbonyl (C=O) groups excluding carboxylic acids is 2. The predicted octanol–water partition coefficient (Wildman–Crippen LogP) is 3.88. The molecular weight excluding hydrogens is 481 g/mol. The molecule has 0 aliphatic rings. The summed E-state index contributed by atoms with van der Waals surface area (Å²) in [6.07, 6.45) is 0.308. The van der Waals surface area contributed by atoms with Crippen molar-refractivity contribution in [3.63, 3.8) is 0 Å². The molecular formula is C27H30FN3O4S. The molecule has 36 heavy (non-hydrogen) atoms. The second kappa shape index (κ2) is 11.8. The largest absolute Gasteiger partial charge is 0.357 e. The first kappa shape index (κ1) is 26.9. The van der Waals surface area contributed by atoms with Crippen LogP contribution in [0.3, 0.4) is 0 Å². The van der Waals surface area contributed by atoms with E-state index in [1.807, 2.05) is 6.92 Å². The summed E-state index contributed by atoms with van der Waals surface area (Å²) < 4.78 is 41.8.